The summed E-state index contributed by atoms with van der Waals surface area (Å²) in [6, 6.07) is 3.80. The van der Waals surface area contributed by atoms with E-state index in [1.54, 1.807) is 17.0 Å². The van der Waals surface area contributed by atoms with Crippen LogP contribution in [0.1, 0.15) is 11.6 Å². The first kappa shape index (κ1) is 20.2. The van der Waals surface area contributed by atoms with E-state index in [2.05, 4.69) is 5.32 Å². The summed E-state index contributed by atoms with van der Waals surface area (Å²) in [4.78, 5) is 1.78. The summed E-state index contributed by atoms with van der Waals surface area (Å²) in [5.74, 6) is 0. The van der Waals surface area contributed by atoms with E-state index in [1.807, 2.05) is 0 Å². The molecule has 1 fully saturated rings. The highest BCUT2D eigenvalue weighted by molar-refractivity contribution is 6.42. The molecule has 1 atom stereocenters. The number of alkyl halides is 2. The fourth-order valence-corrected chi connectivity index (χ4v) is 2.48. The van der Waals surface area contributed by atoms with Gasteiger partial charge >= 0.3 is 0 Å². The van der Waals surface area contributed by atoms with Gasteiger partial charge < -0.3 is 5.32 Å². The minimum atomic E-state index is -2.44. The third-order valence-corrected chi connectivity index (χ3v) is 3.81. The first-order valence-electron chi connectivity index (χ1n) is 5.77. The highest BCUT2D eigenvalue weighted by Crippen LogP contribution is 2.32. The van der Waals surface area contributed by atoms with E-state index in [4.69, 9.17) is 23.2 Å². The van der Waals surface area contributed by atoms with E-state index in [-0.39, 0.29) is 24.8 Å². The van der Waals surface area contributed by atoms with Gasteiger partial charge in [-0.1, -0.05) is 29.3 Å². The zero-order valence-electron chi connectivity index (χ0n) is 10.5. The molecule has 1 aromatic carbocycles. The number of rotatable bonds is 3. The number of nitrogens with zero attached hydrogens (tertiary/aromatic N) is 1. The second-order valence-electron chi connectivity index (χ2n) is 4.24. The summed E-state index contributed by atoms with van der Waals surface area (Å²) in [6.45, 7) is 2.67. The largest absolute Gasteiger partial charge is 0.314 e. The Labute approximate surface area is 139 Å². The lowest BCUT2D eigenvalue weighted by molar-refractivity contribution is 0.0182. The average Bonchev–Trinajstić information content (AvgIpc) is 2.35. The molecule has 0 unspecified atom stereocenters. The van der Waals surface area contributed by atoms with Crippen molar-refractivity contribution in [3.63, 3.8) is 0 Å². The lowest BCUT2D eigenvalue weighted by Crippen LogP contribution is -2.46. The lowest BCUT2D eigenvalue weighted by atomic mass is 10.0. The van der Waals surface area contributed by atoms with Gasteiger partial charge in [0.1, 0.15) is 0 Å². The van der Waals surface area contributed by atoms with E-state index in [9.17, 15) is 8.78 Å². The summed E-state index contributed by atoms with van der Waals surface area (Å²) >= 11 is 11.7. The number of piperazine rings is 1. The smallest absolute Gasteiger partial charge is 0.258 e. The zero-order valence-corrected chi connectivity index (χ0v) is 13.6. The summed E-state index contributed by atoms with van der Waals surface area (Å²) in [7, 11) is 0. The predicted molar refractivity (Wildman–Crippen MR) is 84.1 cm³/mol. The Morgan fingerprint density at radius 2 is 1.65 bits per heavy atom. The average molecular weight is 368 g/mol. The molecule has 1 saturated heterocycles. The van der Waals surface area contributed by atoms with Crippen LogP contribution in [-0.2, 0) is 0 Å². The molecule has 2 rings (SSSR count). The molecule has 2 nitrogen and oxygen atoms in total. The van der Waals surface area contributed by atoms with Crippen molar-refractivity contribution < 1.29 is 8.78 Å². The van der Waals surface area contributed by atoms with Crippen molar-refractivity contribution in [2.45, 2.75) is 12.5 Å². The third kappa shape index (κ3) is 4.86. The van der Waals surface area contributed by atoms with E-state index >= 15 is 0 Å². The Kier molecular flexibility index (Phi) is 9.31. The quantitative estimate of drug-likeness (QED) is 0.866. The lowest BCUT2D eigenvalue weighted by Gasteiger charge is -2.34. The molecule has 8 heteroatoms. The molecular weight excluding hydrogens is 352 g/mol. The SMILES string of the molecule is Cl.Cl.FC(F)[C@@H](c1ccc(Cl)c(Cl)c1)N1CCNCC1. The van der Waals surface area contributed by atoms with Crippen LogP contribution in [0.2, 0.25) is 10.0 Å². The van der Waals surface area contributed by atoms with Crippen LogP contribution >= 0.6 is 48.0 Å². The maximum Gasteiger partial charge on any atom is 0.258 e. The van der Waals surface area contributed by atoms with Gasteiger partial charge in [-0.2, -0.15) is 0 Å². The Hall–Kier alpha value is 0.160. The molecule has 0 amide bonds. The zero-order chi connectivity index (χ0) is 13.1. The molecule has 1 aliphatic rings. The number of halogens is 6. The molecule has 1 N–H and O–H groups in total. The predicted octanol–water partition coefficient (Wildman–Crippen LogP) is 4.05. The number of benzene rings is 1. The molecular formula is C12H16Cl4F2N2. The van der Waals surface area contributed by atoms with Crippen LogP contribution in [-0.4, -0.2) is 37.5 Å². The Morgan fingerprint density at radius 3 is 2.15 bits per heavy atom. The highest BCUT2D eigenvalue weighted by Gasteiger charge is 2.30. The molecule has 0 bridgehead atoms. The molecule has 116 valence electrons. The molecule has 0 aliphatic carbocycles. The van der Waals surface area contributed by atoms with Gasteiger partial charge in [0.15, 0.2) is 0 Å². The molecule has 0 saturated carbocycles. The van der Waals surface area contributed by atoms with E-state index in [0.29, 0.717) is 28.7 Å². The number of nitrogens with one attached hydrogen (secondary N) is 1. The van der Waals surface area contributed by atoms with E-state index < -0.39 is 12.5 Å². The van der Waals surface area contributed by atoms with Gasteiger partial charge in [-0.25, -0.2) is 8.78 Å². The van der Waals surface area contributed by atoms with Crippen molar-refractivity contribution in [2.75, 3.05) is 26.2 Å². The van der Waals surface area contributed by atoms with Crippen molar-refractivity contribution in [3.05, 3.63) is 33.8 Å². The Bertz CT molecular complexity index is 414. The van der Waals surface area contributed by atoms with Gasteiger partial charge in [0.2, 0.25) is 0 Å². The number of hydrogen-bond acceptors (Lipinski definition) is 2. The van der Waals surface area contributed by atoms with Crippen LogP contribution < -0.4 is 5.32 Å². The van der Waals surface area contributed by atoms with Gasteiger partial charge in [-0.05, 0) is 17.7 Å². The molecule has 0 spiro atoms. The normalized spacial score (nSPS) is 17.2. The summed E-state index contributed by atoms with van der Waals surface area (Å²) < 4.78 is 26.5. The van der Waals surface area contributed by atoms with Crippen LogP contribution in [0.25, 0.3) is 0 Å². The van der Waals surface area contributed by atoms with Crippen molar-refractivity contribution in [3.8, 4) is 0 Å². The molecule has 0 aromatic heterocycles. The van der Waals surface area contributed by atoms with Crippen molar-refractivity contribution in [1.29, 1.82) is 0 Å². The molecule has 1 aromatic rings. The van der Waals surface area contributed by atoms with Crippen molar-refractivity contribution in [1.82, 2.24) is 10.2 Å². The topological polar surface area (TPSA) is 15.3 Å². The standard InChI is InChI=1S/C12H14Cl2F2N2.2ClH/c13-9-2-1-8(7-10(9)14)11(12(15)16)18-5-3-17-4-6-18;;/h1-2,7,11-12,17H,3-6H2;2*1H/t11-;;/m1../s1. The minimum Gasteiger partial charge on any atom is -0.314 e. The first-order chi connectivity index (χ1) is 8.59. The highest BCUT2D eigenvalue weighted by atomic mass is 35.5. The first-order valence-corrected chi connectivity index (χ1v) is 6.53. The van der Waals surface area contributed by atoms with Crippen LogP contribution in [0, 0.1) is 0 Å². The molecule has 20 heavy (non-hydrogen) atoms. The van der Waals surface area contributed by atoms with Crippen LogP contribution in [0.15, 0.2) is 18.2 Å². The van der Waals surface area contributed by atoms with Gasteiger partial charge in [0, 0.05) is 26.2 Å². The van der Waals surface area contributed by atoms with Crippen LogP contribution in [0.5, 0.6) is 0 Å². The maximum absolute atomic E-state index is 13.3. The van der Waals surface area contributed by atoms with Crippen LogP contribution in [0.3, 0.4) is 0 Å². The van der Waals surface area contributed by atoms with Gasteiger partial charge in [0.25, 0.3) is 6.43 Å². The van der Waals surface area contributed by atoms with Crippen molar-refractivity contribution >= 4 is 48.0 Å². The third-order valence-electron chi connectivity index (χ3n) is 3.07. The van der Waals surface area contributed by atoms with E-state index in [1.165, 1.54) is 6.07 Å². The molecule has 1 heterocycles. The second kappa shape index (κ2) is 9.23. The monoisotopic (exact) mass is 366 g/mol. The minimum absolute atomic E-state index is 0. The van der Waals surface area contributed by atoms with Gasteiger partial charge in [0.05, 0.1) is 16.1 Å². The second-order valence-corrected chi connectivity index (χ2v) is 5.05. The molecule has 0 radical (unpaired) electrons. The fourth-order valence-electron chi connectivity index (χ4n) is 2.17. The Balaban J connectivity index is 0.00000180. The fraction of sp³-hybridized carbons (Fsp3) is 0.500. The van der Waals surface area contributed by atoms with Crippen LogP contribution in [0.4, 0.5) is 8.78 Å². The van der Waals surface area contributed by atoms with Gasteiger partial charge in [-0.15, -0.1) is 24.8 Å². The summed E-state index contributed by atoms with van der Waals surface area (Å²) in [6.07, 6.45) is -2.44. The van der Waals surface area contributed by atoms with Gasteiger partial charge in [-0.3, -0.25) is 4.90 Å². The Morgan fingerprint density at radius 1 is 1.05 bits per heavy atom. The molecule has 1 aliphatic heterocycles. The summed E-state index contributed by atoms with van der Waals surface area (Å²) in [5.41, 5.74) is 0.515. The van der Waals surface area contributed by atoms with E-state index in [0.717, 1.165) is 13.1 Å². The van der Waals surface area contributed by atoms with Crippen molar-refractivity contribution in [2.24, 2.45) is 0 Å². The number of hydrogen-bond donors (Lipinski definition) is 1. The summed E-state index contributed by atoms with van der Waals surface area (Å²) in [5, 5.41) is 3.84. The maximum atomic E-state index is 13.3.